The van der Waals surface area contributed by atoms with Crippen molar-refractivity contribution in [2.75, 3.05) is 26.3 Å². The summed E-state index contributed by atoms with van der Waals surface area (Å²) in [4.78, 5) is 14.6. The summed E-state index contributed by atoms with van der Waals surface area (Å²) in [6, 6.07) is 1.83. The van der Waals surface area contributed by atoms with E-state index in [0.29, 0.717) is 26.3 Å². The molecule has 2 unspecified atom stereocenters. The van der Waals surface area contributed by atoms with E-state index in [0.717, 1.165) is 36.2 Å². The number of hydrogen-bond acceptors (Lipinski definition) is 3. The van der Waals surface area contributed by atoms with Crippen LogP contribution < -0.4 is 0 Å². The summed E-state index contributed by atoms with van der Waals surface area (Å²) in [5, 5.41) is 10.1. The van der Waals surface area contributed by atoms with Crippen molar-refractivity contribution in [2.45, 2.75) is 45.3 Å². The molecule has 3 rings (SSSR count). The summed E-state index contributed by atoms with van der Waals surface area (Å²) < 4.78 is 7.44. The van der Waals surface area contributed by atoms with Crippen molar-refractivity contribution >= 4 is 5.91 Å². The van der Waals surface area contributed by atoms with E-state index in [1.54, 1.807) is 0 Å². The van der Waals surface area contributed by atoms with E-state index >= 15 is 0 Å². The number of hydrogen-bond donors (Lipinski definition) is 1. The highest BCUT2D eigenvalue weighted by atomic mass is 16.5. The minimum atomic E-state index is -0.376. The maximum absolute atomic E-state index is 12.7. The Morgan fingerprint density at radius 2 is 2.14 bits per heavy atom. The topological polar surface area (TPSA) is 54.7 Å². The molecule has 5 nitrogen and oxygen atoms in total. The zero-order valence-electron chi connectivity index (χ0n) is 12.8. The Kier molecular flexibility index (Phi) is 4.04. The summed E-state index contributed by atoms with van der Waals surface area (Å²) >= 11 is 0. The molecule has 116 valence electrons. The summed E-state index contributed by atoms with van der Waals surface area (Å²) in [7, 11) is 0. The van der Waals surface area contributed by atoms with Crippen molar-refractivity contribution < 1.29 is 14.6 Å². The van der Waals surface area contributed by atoms with Crippen molar-refractivity contribution in [1.82, 2.24) is 9.47 Å². The minimum absolute atomic E-state index is 0.153. The number of carbonyl (C=O) groups is 1. The third-order valence-electron chi connectivity index (χ3n) is 4.69. The number of rotatable bonds is 2. The molecular weight excluding hydrogens is 268 g/mol. The van der Waals surface area contributed by atoms with Crippen LogP contribution in [-0.4, -0.2) is 46.8 Å². The molecule has 1 N–H and O–H groups in total. The molecule has 2 heterocycles. The van der Waals surface area contributed by atoms with E-state index < -0.39 is 0 Å². The number of aromatic nitrogens is 1. The number of aliphatic hydroxyl groups excluding tert-OH is 1. The quantitative estimate of drug-likeness (QED) is 0.900. The van der Waals surface area contributed by atoms with Gasteiger partial charge < -0.3 is 19.3 Å². The predicted octanol–water partition coefficient (Wildman–Crippen LogP) is 1.59. The van der Waals surface area contributed by atoms with Crippen LogP contribution in [0, 0.1) is 6.92 Å². The Hall–Kier alpha value is -1.33. The molecule has 2 atom stereocenters. The highest BCUT2D eigenvalue weighted by Gasteiger charge is 2.29. The zero-order valence-corrected chi connectivity index (χ0v) is 12.8. The SMILES string of the molecule is Cc1cc2c(n1C(C)C(=O)N1CCOCC1)CCCC2O. The van der Waals surface area contributed by atoms with Crippen LogP contribution in [0.4, 0.5) is 0 Å². The van der Waals surface area contributed by atoms with Gasteiger partial charge in [0.25, 0.3) is 0 Å². The molecular formula is C16H24N2O3. The number of morpholine rings is 1. The highest BCUT2D eigenvalue weighted by molar-refractivity contribution is 5.80. The third-order valence-corrected chi connectivity index (χ3v) is 4.69. The molecule has 0 radical (unpaired) electrons. The van der Waals surface area contributed by atoms with Crippen LogP contribution in [0.15, 0.2) is 6.07 Å². The molecule has 1 amide bonds. The smallest absolute Gasteiger partial charge is 0.245 e. The lowest BCUT2D eigenvalue weighted by Gasteiger charge is -2.31. The van der Waals surface area contributed by atoms with Gasteiger partial charge >= 0.3 is 0 Å². The Bertz CT molecular complexity index is 532. The summed E-state index contributed by atoms with van der Waals surface area (Å²) in [6.45, 7) is 6.59. The average molecular weight is 292 g/mol. The zero-order chi connectivity index (χ0) is 15.0. The van der Waals surface area contributed by atoms with E-state index in [-0.39, 0.29) is 18.1 Å². The minimum Gasteiger partial charge on any atom is -0.388 e. The van der Waals surface area contributed by atoms with Gasteiger partial charge in [0.2, 0.25) is 5.91 Å². The average Bonchev–Trinajstić information content (AvgIpc) is 2.84. The maximum Gasteiger partial charge on any atom is 0.245 e. The first-order valence-electron chi connectivity index (χ1n) is 7.85. The Labute approximate surface area is 125 Å². The summed E-state index contributed by atoms with van der Waals surface area (Å²) in [5.41, 5.74) is 3.22. The first-order chi connectivity index (χ1) is 10.1. The van der Waals surface area contributed by atoms with Crippen molar-refractivity contribution in [2.24, 2.45) is 0 Å². The van der Waals surface area contributed by atoms with Crippen LogP contribution in [0.25, 0.3) is 0 Å². The van der Waals surface area contributed by atoms with Crippen LogP contribution in [-0.2, 0) is 16.0 Å². The fourth-order valence-corrected chi connectivity index (χ4v) is 3.60. The van der Waals surface area contributed by atoms with Crippen molar-refractivity contribution in [3.8, 4) is 0 Å². The van der Waals surface area contributed by atoms with Gasteiger partial charge in [-0.1, -0.05) is 0 Å². The van der Waals surface area contributed by atoms with Crippen LogP contribution in [0.5, 0.6) is 0 Å². The molecule has 1 aliphatic carbocycles. The van der Waals surface area contributed by atoms with Gasteiger partial charge in [-0.25, -0.2) is 0 Å². The molecule has 1 aromatic heterocycles. The monoisotopic (exact) mass is 292 g/mol. The molecule has 0 bridgehead atoms. The third kappa shape index (κ3) is 2.60. The van der Waals surface area contributed by atoms with Crippen molar-refractivity contribution in [3.05, 3.63) is 23.0 Å². The van der Waals surface area contributed by atoms with Gasteiger partial charge in [-0.05, 0) is 39.2 Å². The van der Waals surface area contributed by atoms with E-state index in [1.165, 1.54) is 0 Å². The molecule has 0 saturated carbocycles. The molecule has 5 heteroatoms. The van der Waals surface area contributed by atoms with Gasteiger partial charge in [0, 0.05) is 30.0 Å². The maximum atomic E-state index is 12.7. The number of carbonyl (C=O) groups excluding carboxylic acids is 1. The van der Waals surface area contributed by atoms with Gasteiger partial charge in [-0.15, -0.1) is 0 Å². The molecule has 0 spiro atoms. The van der Waals surface area contributed by atoms with Gasteiger partial charge in [0.15, 0.2) is 0 Å². The molecule has 1 aromatic rings. The lowest BCUT2D eigenvalue weighted by Crippen LogP contribution is -2.44. The van der Waals surface area contributed by atoms with E-state index in [2.05, 4.69) is 4.57 Å². The summed E-state index contributed by atoms with van der Waals surface area (Å²) in [5.74, 6) is 0.153. The van der Waals surface area contributed by atoms with Crippen LogP contribution >= 0.6 is 0 Å². The van der Waals surface area contributed by atoms with E-state index in [4.69, 9.17) is 4.74 Å². The number of aryl methyl sites for hydroxylation is 1. The number of amides is 1. The number of aliphatic hydroxyl groups is 1. The van der Waals surface area contributed by atoms with Gasteiger partial charge in [0.05, 0.1) is 19.3 Å². The molecule has 1 aliphatic heterocycles. The van der Waals surface area contributed by atoms with Gasteiger partial charge in [-0.2, -0.15) is 0 Å². The lowest BCUT2D eigenvalue weighted by atomic mass is 9.95. The lowest BCUT2D eigenvalue weighted by molar-refractivity contribution is -0.138. The second-order valence-electron chi connectivity index (χ2n) is 6.08. The normalized spacial score (nSPS) is 23.8. The molecule has 2 aliphatic rings. The molecule has 0 aromatic carbocycles. The Morgan fingerprint density at radius 1 is 1.43 bits per heavy atom. The second kappa shape index (κ2) is 5.81. The largest absolute Gasteiger partial charge is 0.388 e. The first-order valence-corrected chi connectivity index (χ1v) is 7.85. The second-order valence-corrected chi connectivity index (χ2v) is 6.08. The van der Waals surface area contributed by atoms with Gasteiger partial charge in [-0.3, -0.25) is 4.79 Å². The molecule has 1 fully saturated rings. The number of nitrogens with zero attached hydrogens (tertiary/aromatic N) is 2. The highest BCUT2D eigenvalue weighted by Crippen LogP contribution is 2.34. The van der Waals surface area contributed by atoms with Crippen molar-refractivity contribution in [3.63, 3.8) is 0 Å². The standard InChI is InChI=1S/C16H24N2O3/c1-11-10-13-14(4-3-5-15(13)19)18(11)12(2)16(20)17-6-8-21-9-7-17/h10,12,15,19H,3-9H2,1-2H3. The Morgan fingerprint density at radius 3 is 2.86 bits per heavy atom. The van der Waals surface area contributed by atoms with Gasteiger partial charge in [0.1, 0.15) is 6.04 Å². The van der Waals surface area contributed by atoms with Crippen LogP contribution in [0.3, 0.4) is 0 Å². The predicted molar refractivity (Wildman–Crippen MR) is 79.2 cm³/mol. The molecule has 1 saturated heterocycles. The van der Waals surface area contributed by atoms with E-state index in [9.17, 15) is 9.90 Å². The summed E-state index contributed by atoms with van der Waals surface area (Å²) in [6.07, 6.45) is 2.37. The number of fused-ring (bicyclic) bond motifs is 1. The van der Waals surface area contributed by atoms with Crippen molar-refractivity contribution in [1.29, 1.82) is 0 Å². The first kappa shape index (κ1) is 14.6. The Balaban J connectivity index is 1.87. The van der Waals surface area contributed by atoms with E-state index in [1.807, 2.05) is 24.8 Å². The van der Waals surface area contributed by atoms with Crippen LogP contribution in [0.1, 0.15) is 48.9 Å². The number of ether oxygens (including phenoxy) is 1. The molecule has 21 heavy (non-hydrogen) atoms. The van der Waals surface area contributed by atoms with Crippen LogP contribution in [0.2, 0.25) is 0 Å². The fraction of sp³-hybridized carbons (Fsp3) is 0.688. The fourth-order valence-electron chi connectivity index (χ4n) is 3.60.